The molecule has 31 heavy (non-hydrogen) atoms. The van der Waals surface area contributed by atoms with Gasteiger partial charge in [-0.25, -0.2) is 26.3 Å². The molecule has 0 unspecified atom stereocenters. The molecule has 2 aromatic rings. The van der Waals surface area contributed by atoms with Gasteiger partial charge in [-0.05, 0) is 22.9 Å². The second-order valence-electron chi connectivity index (χ2n) is 4.71. The molecule has 0 saturated heterocycles. The number of sulfonamides is 2. The first-order valence-corrected chi connectivity index (χ1v) is 13.3. The monoisotopic (exact) mass is 552 g/mol. The number of hydrogen-bond acceptors (Lipinski definition) is 11. The van der Waals surface area contributed by atoms with Crippen molar-refractivity contribution in [3.63, 3.8) is 0 Å². The number of nitrogens with one attached hydrogen (secondary N) is 2. The Balaban J connectivity index is -0.000000397. The molecule has 0 aliphatic heterocycles. The zero-order chi connectivity index (χ0) is 22.9. The van der Waals surface area contributed by atoms with Crippen LogP contribution in [-0.2, 0) is 34.2 Å². The van der Waals surface area contributed by atoms with E-state index in [-0.39, 0.29) is 68.9 Å². The second kappa shape index (κ2) is 16.1. The van der Waals surface area contributed by atoms with Gasteiger partial charge in [0.15, 0.2) is 0 Å². The Morgan fingerprint density at radius 2 is 1.13 bits per heavy atom. The van der Waals surface area contributed by atoms with Crippen molar-refractivity contribution in [1.29, 1.82) is 0 Å². The standard InChI is InChI=1S/2C6H7NO3S2.2Na.H3O4P/c2*1-5(8)7-12(9,10)6-2-3-11-4-6;;;1-5(2,3)4/h2*2-4H,1H3,(H,7,8);;;(H3,1,2,3,4)/q;;2*+1;/p-2. The number of phosphoric acid groups is 1. The zero-order valence-corrected chi connectivity index (χ0v) is 24.8. The van der Waals surface area contributed by atoms with E-state index in [0.717, 1.165) is 13.8 Å². The molecule has 2 aromatic heterocycles. The van der Waals surface area contributed by atoms with Gasteiger partial charge < -0.3 is 19.2 Å². The fourth-order valence-corrected chi connectivity index (χ4v) is 5.34. The van der Waals surface area contributed by atoms with Crippen LogP contribution >= 0.6 is 30.5 Å². The Hall–Kier alpha value is 0.350. The van der Waals surface area contributed by atoms with E-state index in [1.165, 1.54) is 45.6 Å². The summed E-state index contributed by atoms with van der Waals surface area (Å²) >= 11 is 2.53. The predicted octanol–water partition coefficient (Wildman–Crippen LogP) is -7.04. The minimum absolute atomic E-state index is 0. The molecule has 2 amide bonds. The van der Waals surface area contributed by atoms with Crippen molar-refractivity contribution in [2.75, 3.05) is 0 Å². The first-order chi connectivity index (χ1) is 13.0. The molecule has 0 saturated carbocycles. The van der Waals surface area contributed by atoms with E-state index in [9.17, 15) is 26.4 Å². The van der Waals surface area contributed by atoms with Gasteiger partial charge in [-0.2, -0.15) is 22.7 Å². The Bertz CT molecular complexity index is 967. The maximum Gasteiger partial charge on any atom is 1.00 e. The third kappa shape index (κ3) is 18.5. The number of carbonyl (C=O) groups excluding carboxylic acids is 2. The summed E-state index contributed by atoms with van der Waals surface area (Å²) in [5.74, 6) is -1.16. The molecule has 19 heteroatoms. The molecule has 0 fully saturated rings. The predicted molar refractivity (Wildman–Crippen MR) is 100 cm³/mol. The van der Waals surface area contributed by atoms with Crippen LogP contribution < -0.4 is 78.3 Å². The summed E-state index contributed by atoms with van der Waals surface area (Å²) in [5, 5.41) is 6.19. The van der Waals surface area contributed by atoms with Crippen molar-refractivity contribution in [1.82, 2.24) is 9.44 Å². The van der Waals surface area contributed by atoms with Crippen LogP contribution in [0.5, 0.6) is 0 Å². The zero-order valence-electron chi connectivity index (χ0n) is 16.7. The van der Waals surface area contributed by atoms with Gasteiger partial charge in [0.25, 0.3) is 20.0 Å². The van der Waals surface area contributed by atoms with Crippen LogP contribution in [0.2, 0.25) is 0 Å². The average Bonchev–Trinajstić information content (AvgIpc) is 3.18. The van der Waals surface area contributed by atoms with E-state index in [1.807, 2.05) is 9.44 Å². The number of rotatable bonds is 4. The van der Waals surface area contributed by atoms with E-state index in [4.69, 9.17) is 19.2 Å². The number of hydrogen-bond donors (Lipinski definition) is 3. The van der Waals surface area contributed by atoms with Gasteiger partial charge in [-0.1, -0.05) is 0 Å². The molecule has 0 aliphatic carbocycles. The number of amides is 2. The van der Waals surface area contributed by atoms with E-state index >= 15 is 0 Å². The van der Waals surface area contributed by atoms with Crippen molar-refractivity contribution in [2.24, 2.45) is 0 Å². The molecule has 2 rings (SSSR count). The molecule has 164 valence electrons. The molecule has 0 aromatic carbocycles. The van der Waals surface area contributed by atoms with Gasteiger partial charge in [-0.15, -0.1) is 0 Å². The van der Waals surface area contributed by atoms with E-state index in [0.29, 0.717) is 0 Å². The van der Waals surface area contributed by atoms with Gasteiger partial charge in [-0.3, -0.25) is 9.59 Å². The third-order valence-electron chi connectivity index (χ3n) is 2.17. The molecule has 0 bridgehead atoms. The number of carbonyl (C=O) groups is 2. The van der Waals surface area contributed by atoms with E-state index in [1.54, 1.807) is 10.8 Å². The molecular weight excluding hydrogens is 537 g/mol. The average molecular weight is 552 g/mol. The molecule has 0 spiro atoms. The van der Waals surface area contributed by atoms with E-state index < -0.39 is 39.7 Å². The SMILES string of the molecule is CC(=O)NS(=O)(=O)c1ccsc1.CC(=O)NS(=O)(=O)c1ccsc1.O=P([O-])([O-])O.[Na+].[Na+]. The molecule has 12 nitrogen and oxygen atoms in total. The molecular formula is C12H15N2Na2O10PS4. The van der Waals surface area contributed by atoms with Gasteiger partial charge in [0.2, 0.25) is 11.8 Å². The van der Waals surface area contributed by atoms with Crippen LogP contribution in [0.15, 0.2) is 43.4 Å². The molecule has 0 aliphatic rings. The van der Waals surface area contributed by atoms with Crippen LogP contribution in [0.1, 0.15) is 13.8 Å². The van der Waals surface area contributed by atoms with E-state index in [2.05, 4.69) is 0 Å². The molecule has 0 radical (unpaired) electrons. The third-order valence-corrected chi connectivity index (χ3v) is 6.69. The summed E-state index contributed by atoms with van der Waals surface area (Å²) in [7, 11) is -12.3. The van der Waals surface area contributed by atoms with Crippen molar-refractivity contribution in [3.8, 4) is 0 Å². The first kappa shape index (κ1) is 35.9. The summed E-state index contributed by atoms with van der Waals surface area (Å²) in [5.41, 5.74) is 0. The van der Waals surface area contributed by atoms with Gasteiger partial charge in [0.1, 0.15) is 0 Å². The van der Waals surface area contributed by atoms with Gasteiger partial charge in [0.05, 0.1) is 17.6 Å². The Labute approximate surface area is 231 Å². The number of thiophene rings is 2. The fourth-order valence-electron chi connectivity index (χ4n) is 1.31. The summed E-state index contributed by atoms with van der Waals surface area (Å²) < 4.78 is 57.1. The Morgan fingerprint density at radius 3 is 1.29 bits per heavy atom. The van der Waals surface area contributed by atoms with Crippen LogP contribution in [0, 0.1) is 0 Å². The van der Waals surface area contributed by atoms with Gasteiger partial charge >= 0.3 is 59.1 Å². The van der Waals surface area contributed by atoms with Crippen LogP contribution in [-0.4, -0.2) is 33.5 Å². The Kier molecular flexibility index (Phi) is 18.6. The van der Waals surface area contributed by atoms with Crippen LogP contribution in [0.3, 0.4) is 0 Å². The summed E-state index contributed by atoms with van der Waals surface area (Å²) in [6.07, 6.45) is 0. The van der Waals surface area contributed by atoms with Crippen LogP contribution in [0.4, 0.5) is 0 Å². The van der Waals surface area contributed by atoms with Crippen molar-refractivity contribution >= 4 is 62.4 Å². The van der Waals surface area contributed by atoms with Gasteiger partial charge in [0, 0.05) is 24.6 Å². The quantitative estimate of drug-likeness (QED) is 0.241. The first-order valence-electron chi connectivity index (χ1n) is 6.90. The van der Waals surface area contributed by atoms with Crippen molar-refractivity contribution in [2.45, 2.75) is 23.6 Å². The van der Waals surface area contributed by atoms with Crippen molar-refractivity contribution in [3.05, 3.63) is 33.7 Å². The smallest absolute Gasteiger partial charge is 0.790 e. The molecule has 0 atom stereocenters. The minimum atomic E-state index is -5.14. The topological polar surface area (TPSA) is 210 Å². The minimum Gasteiger partial charge on any atom is -0.790 e. The Morgan fingerprint density at radius 1 is 0.871 bits per heavy atom. The second-order valence-corrected chi connectivity index (χ2v) is 10.6. The fraction of sp³-hybridized carbons (Fsp3) is 0.167. The van der Waals surface area contributed by atoms with Crippen LogP contribution in [0.25, 0.3) is 0 Å². The normalized spacial score (nSPS) is 10.5. The maximum atomic E-state index is 11.2. The maximum absolute atomic E-state index is 11.2. The summed E-state index contributed by atoms with van der Waals surface area (Å²) in [6.45, 7) is 2.31. The summed E-state index contributed by atoms with van der Waals surface area (Å²) in [4.78, 5) is 45.5. The largest absolute Gasteiger partial charge is 1.00 e. The molecule has 2 heterocycles. The summed E-state index contributed by atoms with van der Waals surface area (Å²) in [6, 6.07) is 2.88. The van der Waals surface area contributed by atoms with Crippen molar-refractivity contribution < 1.29 is 105 Å². The molecule has 3 N–H and O–H groups in total.